The molecular weight excluding hydrogens is 204 g/mol. The Morgan fingerprint density at radius 1 is 1.19 bits per heavy atom. The number of carbonyl (C=O) groups excluding carboxylic acids is 1. The van der Waals surface area contributed by atoms with Crippen LogP contribution in [0.2, 0.25) is 0 Å². The van der Waals surface area contributed by atoms with E-state index in [-0.39, 0.29) is 6.61 Å². The summed E-state index contributed by atoms with van der Waals surface area (Å²) in [5.74, 6) is 0.297. The molecular formula is C13H14O3. The Hall–Kier alpha value is -2.03. The number of hydrogen-bond donors (Lipinski definition) is 0. The first-order valence-corrected chi connectivity index (χ1v) is 4.90. The average Bonchev–Trinajstić information content (AvgIpc) is 2.35. The molecule has 0 aromatic heterocycles. The summed E-state index contributed by atoms with van der Waals surface area (Å²) in [7, 11) is 0. The molecule has 0 aliphatic carbocycles. The lowest BCUT2D eigenvalue weighted by atomic mass is 10.2. The van der Waals surface area contributed by atoms with E-state index in [0.29, 0.717) is 6.61 Å². The third-order valence-corrected chi connectivity index (χ3v) is 1.88. The minimum Gasteiger partial charge on any atom is -0.490 e. The van der Waals surface area contributed by atoms with Gasteiger partial charge in [0.1, 0.15) is 19.0 Å². The van der Waals surface area contributed by atoms with Gasteiger partial charge in [0.2, 0.25) is 0 Å². The molecule has 3 nitrogen and oxygen atoms in total. The van der Waals surface area contributed by atoms with Crippen molar-refractivity contribution in [2.45, 2.75) is 0 Å². The second-order valence-electron chi connectivity index (χ2n) is 2.99. The van der Waals surface area contributed by atoms with Crippen molar-refractivity contribution in [1.82, 2.24) is 0 Å². The minimum atomic E-state index is -0.439. The van der Waals surface area contributed by atoms with Crippen molar-refractivity contribution in [2.75, 3.05) is 13.2 Å². The predicted octanol–water partition coefficient (Wildman–Crippen LogP) is 2.44. The largest absolute Gasteiger partial charge is 0.490 e. The smallest absolute Gasteiger partial charge is 0.330 e. The molecule has 1 aromatic rings. The van der Waals surface area contributed by atoms with Crippen LogP contribution in [-0.4, -0.2) is 19.2 Å². The lowest BCUT2D eigenvalue weighted by molar-refractivity contribution is -0.138. The van der Waals surface area contributed by atoms with Crippen molar-refractivity contribution in [3.8, 4) is 5.75 Å². The van der Waals surface area contributed by atoms with Gasteiger partial charge >= 0.3 is 5.97 Å². The molecule has 0 N–H and O–H groups in total. The molecule has 0 spiro atoms. The van der Waals surface area contributed by atoms with Crippen LogP contribution in [0, 0.1) is 0 Å². The van der Waals surface area contributed by atoms with Gasteiger partial charge in [0, 0.05) is 6.08 Å². The maximum atomic E-state index is 10.7. The summed E-state index contributed by atoms with van der Waals surface area (Å²) in [4.78, 5) is 10.7. The highest BCUT2D eigenvalue weighted by molar-refractivity contribution is 5.81. The molecule has 0 radical (unpaired) electrons. The summed E-state index contributed by atoms with van der Waals surface area (Å²) >= 11 is 0. The summed E-state index contributed by atoms with van der Waals surface area (Å²) in [6, 6.07) is 7.48. The molecule has 0 unspecified atom stereocenters. The van der Waals surface area contributed by atoms with E-state index in [1.54, 1.807) is 6.08 Å². The molecule has 0 fully saturated rings. The number of esters is 1. The second kappa shape index (κ2) is 6.45. The highest BCUT2D eigenvalue weighted by Crippen LogP contribution is 2.12. The molecule has 0 saturated carbocycles. The Labute approximate surface area is 95.0 Å². The first-order valence-electron chi connectivity index (χ1n) is 4.90. The summed E-state index contributed by atoms with van der Waals surface area (Å²) in [5, 5.41) is 0. The van der Waals surface area contributed by atoms with Crippen molar-refractivity contribution in [3.05, 3.63) is 49.1 Å². The molecule has 0 aliphatic heterocycles. The van der Waals surface area contributed by atoms with Crippen LogP contribution in [0.5, 0.6) is 5.75 Å². The summed E-state index contributed by atoms with van der Waals surface area (Å²) in [6.45, 7) is 7.49. The zero-order valence-corrected chi connectivity index (χ0v) is 9.02. The van der Waals surface area contributed by atoms with Crippen LogP contribution in [0.25, 0.3) is 6.08 Å². The van der Waals surface area contributed by atoms with Crippen molar-refractivity contribution in [3.63, 3.8) is 0 Å². The zero-order chi connectivity index (χ0) is 11.8. The molecule has 1 aromatic carbocycles. The Morgan fingerprint density at radius 2 is 1.88 bits per heavy atom. The Morgan fingerprint density at radius 3 is 2.44 bits per heavy atom. The molecule has 0 atom stereocenters. The fourth-order valence-corrected chi connectivity index (χ4v) is 1.06. The van der Waals surface area contributed by atoms with Gasteiger partial charge in [-0.15, -0.1) is 0 Å². The van der Waals surface area contributed by atoms with Gasteiger partial charge in [-0.2, -0.15) is 0 Å². The van der Waals surface area contributed by atoms with Gasteiger partial charge in [0.25, 0.3) is 0 Å². The molecule has 0 aliphatic rings. The number of benzene rings is 1. The van der Waals surface area contributed by atoms with Gasteiger partial charge in [-0.3, -0.25) is 0 Å². The SMILES string of the molecule is C=CC(=O)OCCOc1ccc(C=C)cc1. The molecule has 0 saturated heterocycles. The van der Waals surface area contributed by atoms with Crippen LogP contribution < -0.4 is 4.74 Å². The van der Waals surface area contributed by atoms with Crippen molar-refractivity contribution in [2.24, 2.45) is 0 Å². The van der Waals surface area contributed by atoms with E-state index in [0.717, 1.165) is 17.4 Å². The molecule has 16 heavy (non-hydrogen) atoms. The van der Waals surface area contributed by atoms with Crippen molar-refractivity contribution < 1.29 is 14.3 Å². The first-order chi connectivity index (χ1) is 7.76. The Balaban J connectivity index is 2.29. The molecule has 1 rings (SSSR count). The van der Waals surface area contributed by atoms with E-state index in [1.165, 1.54) is 0 Å². The fourth-order valence-electron chi connectivity index (χ4n) is 1.06. The number of hydrogen-bond acceptors (Lipinski definition) is 3. The summed E-state index contributed by atoms with van der Waals surface area (Å²) in [5.41, 5.74) is 1.03. The highest BCUT2D eigenvalue weighted by atomic mass is 16.6. The van der Waals surface area contributed by atoms with Crippen LogP contribution in [0.4, 0.5) is 0 Å². The van der Waals surface area contributed by atoms with E-state index in [1.807, 2.05) is 24.3 Å². The summed E-state index contributed by atoms with van der Waals surface area (Å²) in [6.07, 6.45) is 2.88. The third-order valence-electron chi connectivity index (χ3n) is 1.88. The standard InChI is InChI=1S/C13H14O3/c1-3-11-5-7-12(8-6-11)15-9-10-16-13(14)4-2/h3-8H,1-2,9-10H2. The molecule has 3 heteroatoms. The Bertz CT molecular complexity index is 365. The van der Waals surface area contributed by atoms with Crippen molar-refractivity contribution >= 4 is 12.0 Å². The summed E-state index contributed by atoms with van der Waals surface area (Å²) < 4.78 is 10.1. The van der Waals surface area contributed by atoms with Gasteiger partial charge in [-0.1, -0.05) is 31.4 Å². The molecule has 0 bridgehead atoms. The van der Waals surface area contributed by atoms with E-state index < -0.39 is 5.97 Å². The number of ether oxygens (including phenoxy) is 2. The zero-order valence-electron chi connectivity index (χ0n) is 9.02. The van der Waals surface area contributed by atoms with E-state index in [2.05, 4.69) is 13.2 Å². The van der Waals surface area contributed by atoms with Gasteiger partial charge in [-0.05, 0) is 17.7 Å². The predicted molar refractivity (Wildman–Crippen MR) is 63.2 cm³/mol. The third kappa shape index (κ3) is 4.00. The highest BCUT2D eigenvalue weighted by Gasteiger charge is 1.96. The maximum Gasteiger partial charge on any atom is 0.330 e. The quantitative estimate of drug-likeness (QED) is 0.418. The average molecular weight is 218 g/mol. The Kier molecular flexibility index (Phi) is 4.86. The van der Waals surface area contributed by atoms with Gasteiger partial charge in [0.15, 0.2) is 0 Å². The van der Waals surface area contributed by atoms with E-state index >= 15 is 0 Å². The molecule has 0 amide bonds. The van der Waals surface area contributed by atoms with Crippen molar-refractivity contribution in [1.29, 1.82) is 0 Å². The van der Waals surface area contributed by atoms with Crippen LogP contribution >= 0.6 is 0 Å². The van der Waals surface area contributed by atoms with Gasteiger partial charge in [0.05, 0.1) is 0 Å². The minimum absolute atomic E-state index is 0.216. The van der Waals surface area contributed by atoms with Gasteiger partial charge < -0.3 is 9.47 Å². The fraction of sp³-hybridized carbons (Fsp3) is 0.154. The van der Waals surface area contributed by atoms with Crippen LogP contribution in [0.15, 0.2) is 43.5 Å². The van der Waals surface area contributed by atoms with Crippen LogP contribution in [0.1, 0.15) is 5.56 Å². The molecule has 0 heterocycles. The lowest BCUT2D eigenvalue weighted by Crippen LogP contribution is -2.10. The second-order valence-corrected chi connectivity index (χ2v) is 2.99. The van der Waals surface area contributed by atoms with E-state index in [4.69, 9.17) is 9.47 Å². The topological polar surface area (TPSA) is 35.5 Å². The number of carbonyl (C=O) groups is 1. The number of rotatable bonds is 6. The monoisotopic (exact) mass is 218 g/mol. The van der Waals surface area contributed by atoms with Crippen LogP contribution in [0.3, 0.4) is 0 Å². The maximum absolute atomic E-state index is 10.7. The van der Waals surface area contributed by atoms with Gasteiger partial charge in [-0.25, -0.2) is 4.79 Å². The normalized spacial score (nSPS) is 9.25. The lowest BCUT2D eigenvalue weighted by Gasteiger charge is -2.06. The molecule has 84 valence electrons. The van der Waals surface area contributed by atoms with Crippen LogP contribution in [-0.2, 0) is 9.53 Å². The van der Waals surface area contributed by atoms with E-state index in [9.17, 15) is 4.79 Å². The first kappa shape index (κ1) is 12.0.